The summed E-state index contributed by atoms with van der Waals surface area (Å²) in [5, 5.41) is 11.6. The summed E-state index contributed by atoms with van der Waals surface area (Å²) in [7, 11) is 1.76. The maximum absolute atomic E-state index is 12.2. The van der Waals surface area contributed by atoms with Gasteiger partial charge >= 0.3 is 5.69 Å². The summed E-state index contributed by atoms with van der Waals surface area (Å²) >= 11 is 0. The quantitative estimate of drug-likeness (QED) is 0.861. The molecule has 0 aliphatic carbocycles. The average molecular weight is 317 g/mol. The first-order valence-corrected chi connectivity index (χ1v) is 7.38. The van der Waals surface area contributed by atoms with Crippen LogP contribution in [0, 0.1) is 6.92 Å². The molecule has 0 bridgehead atoms. The number of aromatic nitrogens is 2. The van der Waals surface area contributed by atoms with Gasteiger partial charge in [-0.1, -0.05) is 30.3 Å². The molecule has 1 fully saturated rings. The van der Waals surface area contributed by atoms with Crippen molar-refractivity contribution in [2.75, 3.05) is 13.7 Å². The van der Waals surface area contributed by atoms with Crippen LogP contribution in [0.4, 0.5) is 0 Å². The van der Waals surface area contributed by atoms with Crippen LogP contribution >= 0.6 is 0 Å². The molecular weight excluding hydrogens is 298 g/mol. The highest BCUT2D eigenvalue weighted by molar-refractivity contribution is 5.20. The van der Waals surface area contributed by atoms with Gasteiger partial charge in [-0.2, -0.15) is 5.06 Å². The van der Waals surface area contributed by atoms with Crippen LogP contribution in [0.3, 0.4) is 0 Å². The molecule has 2 heterocycles. The molecule has 0 radical (unpaired) electrons. The number of aryl methyl sites for hydroxylation is 1. The molecule has 1 aromatic heterocycles. The number of aliphatic hydroxyl groups excluding tert-OH is 1. The van der Waals surface area contributed by atoms with E-state index in [4.69, 9.17) is 4.84 Å². The van der Waals surface area contributed by atoms with Gasteiger partial charge in [0.25, 0.3) is 5.56 Å². The van der Waals surface area contributed by atoms with Gasteiger partial charge < -0.3 is 5.11 Å². The Hall–Kier alpha value is -2.22. The predicted octanol–water partition coefficient (Wildman–Crippen LogP) is 0.499. The number of hydrogen-bond acceptors (Lipinski definition) is 5. The lowest BCUT2D eigenvalue weighted by Crippen LogP contribution is -2.47. The standard InChI is InChI=1S/C16H19N3O4/c1-11-9-19(15(22)17-14(11)21)16(10-20)8-13(18(2)23-16)12-6-4-3-5-7-12/h3-7,9,13,20H,8,10H2,1-2H3,(H,17,21,22)/t13-,16-/m0/s1. The van der Waals surface area contributed by atoms with Crippen molar-refractivity contribution in [1.82, 2.24) is 14.6 Å². The van der Waals surface area contributed by atoms with E-state index in [-0.39, 0.29) is 12.6 Å². The van der Waals surface area contributed by atoms with Crippen molar-refractivity contribution in [2.24, 2.45) is 0 Å². The number of aliphatic hydroxyl groups is 1. The summed E-state index contributed by atoms with van der Waals surface area (Å²) in [4.78, 5) is 31.9. The van der Waals surface area contributed by atoms with Crippen molar-refractivity contribution in [2.45, 2.75) is 25.1 Å². The lowest BCUT2D eigenvalue weighted by molar-refractivity contribution is -0.239. The van der Waals surface area contributed by atoms with Crippen LogP contribution in [0.1, 0.15) is 23.6 Å². The van der Waals surface area contributed by atoms with Crippen LogP contribution in [0.5, 0.6) is 0 Å². The molecule has 0 spiro atoms. The number of benzene rings is 1. The molecular formula is C16H19N3O4. The molecule has 7 nitrogen and oxygen atoms in total. The zero-order chi connectivity index (χ0) is 16.6. The van der Waals surface area contributed by atoms with Crippen molar-refractivity contribution in [1.29, 1.82) is 0 Å². The molecule has 0 unspecified atom stereocenters. The molecule has 7 heteroatoms. The van der Waals surface area contributed by atoms with E-state index in [1.165, 1.54) is 10.8 Å². The fourth-order valence-electron chi connectivity index (χ4n) is 2.98. The summed E-state index contributed by atoms with van der Waals surface area (Å²) < 4.78 is 1.27. The predicted molar refractivity (Wildman–Crippen MR) is 83.8 cm³/mol. The first kappa shape index (κ1) is 15.7. The Bertz CT molecular complexity index is 814. The molecule has 1 aromatic carbocycles. The summed E-state index contributed by atoms with van der Waals surface area (Å²) in [6.07, 6.45) is 1.81. The Labute approximate surface area is 132 Å². The Kier molecular flexibility index (Phi) is 3.93. The van der Waals surface area contributed by atoms with Crippen LogP contribution in [0.2, 0.25) is 0 Å². The smallest absolute Gasteiger partial charge is 0.330 e. The van der Waals surface area contributed by atoms with Gasteiger partial charge in [0, 0.05) is 25.2 Å². The average Bonchev–Trinajstić information content (AvgIpc) is 2.90. The summed E-state index contributed by atoms with van der Waals surface area (Å²) in [5.41, 5.74) is -0.866. The van der Waals surface area contributed by atoms with Crippen LogP contribution in [-0.2, 0) is 10.6 Å². The molecule has 2 atom stereocenters. The fraction of sp³-hybridized carbons (Fsp3) is 0.375. The van der Waals surface area contributed by atoms with Gasteiger partial charge in [0.05, 0.1) is 12.6 Å². The van der Waals surface area contributed by atoms with Gasteiger partial charge in [-0.15, -0.1) is 0 Å². The van der Waals surface area contributed by atoms with Gasteiger partial charge in [0.15, 0.2) is 5.72 Å². The van der Waals surface area contributed by atoms with Gasteiger partial charge in [-0.3, -0.25) is 19.2 Å². The highest BCUT2D eigenvalue weighted by Crippen LogP contribution is 2.41. The van der Waals surface area contributed by atoms with Crippen molar-refractivity contribution in [3.8, 4) is 0 Å². The van der Waals surface area contributed by atoms with Crippen LogP contribution in [0.15, 0.2) is 46.1 Å². The Balaban J connectivity index is 2.05. The Morgan fingerprint density at radius 2 is 2.04 bits per heavy atom. The summed E-state index contributed by atoms with van der Waals surface area (Å²) in [6.45, 7) is 1.22. The molecule has 2 N–H and O–H groups in total. The van der Waals surface area contributed by atoms with Crippen molar-refractivity contribution < 1.29 is 9.94 Å². The fourth-order valence-corrected chi connectivity index (χ4v) is 2.98. The van der Waals surface area contributed by atoms with Gasteiger partial charge in [0.1, 0.15) is 0 Å². The Morgan fingerprint density at radius 3 is 2.70 bits per heavy atom. The number of hydroxylamine groups is 2. The third kappa shape index (κ3) is 2.63. The van der Waals surface area contributed by atoms with E-state index < -0.39 is 17.0 Å². The lowest BCUT2D eigenvalue weighted by Gasteiger charge is -2.28. The SMILES string of the molecule is Cc1cn([C@@]2(CO)C[C@@H](c3ccccc3)N(C)O2)c(=O)[nH]c1=O. The molecule has 1 saturated heterocycles. The number of nitrogens with one attached hydrogen (secondary N) is 1. The van der Waals surface area contributed by atoms with Gasteiger partial charge in [0.2, 0.25) is 0 Å². The lowest BCUT2D eigenvalue weighted by atomic mass is 9.98. The number of H-pyrrole nitrogens is 1. The zero-order valence-electron chi connectivity index (χ0n) is 13.0. The molecule has 23 heavy (non-hydrogen) atoms. The minimum atomic E-state index is -1.23. The van der Waals surface area contributed by atoms with Crippen molar-refractivity contribution in [3.63, 3.8) is 0 Å². The molecule has 1 aliphatic heterocycles. The summed E-state index contributed by atoms with van der Waals surface area (Å²) in [6, 6.07) is 9.62. The molecule has 0 saturated carbocycles. The summed E-state index contributed by atoms with van der Waals surface area (Å²) in [5.74, 6) is 0. The molecule has 122 valence electrons. The van der Waals surface area contributed by atoms with E-state index in [1.54, 1.807) is 19.0 Å². The van der Waals surface area contributed by atoms with E-state index in [9.17, 15) is 14.7 Å². The van der Waals surface area contributed by atoms with Gasteiger partial charge in [-0.25, -0.2) is 4.79 Å². The largest absolute Gasteiger partial charge is 0.391 e. The monoisotopic (exact) mass is 317 g/mol. The first-order chi connectivity index (χ1) is 11.0. The topological polar surface area (TPSA) is 87.6 Å². The third-order valence-corrected chi connectivity index (χ3v) is 4.26. The molecule has 1 aliphatic rings. The number of aromatic amines is 1. The number of hydrogen-bond donors (Lipinski definition) is 2. The van der Waals surface area contributed by atoms with Crippen molar-refractivity contribution in [3.05, 3.63) is 68.5 Å². The van der Waals surface area contributed by atoms with E-state index in [1.807, 2.05) is 30.3 Å². The maximum atomic E-state index is 12.2. The first-order valence-electron chi connectivity index (χ1n) is 7.38. The minimum absolute atomic E-state index is 0.109. The molecule has 0 amide bonds. The molecule has 3 rings (SSSR count). The normalized spacial score (nSPS) is 24.9. The van der Waals surface area contributed by atoms with Gasteiger partial charge in [-0.05, 0) is 12.5 Å². The second kappa shape index (κ2) is 5.77. The van der Waals surface area contributed by atoms with E-state index in [2.05, 4.69) is 4.98 Å². The van der Waals surface area contributed by atoms with Crippen LogP contribution in [-0.4, -0.2) is 33.4 Å². The van der Waals surface area contributed by atoms with Crippen molar-refractivity contribution >= 4 is 0 Å². The van der Waals surface area contributed by atoms with E-state index in [0.29, 0.717) is 12.0 Å². The van der Waals surface area contributed by atoms with Crippen LogP contribution in [0.25, 0.3) is 0 Å². The molecule has 2 aromatic rings. The number of nitrogens with zero attached hydrogens (tertiary/aromatic N) is 2. The second-order valence-electron chi connectivity index (χ2n) is 5.81. The highest BCUT2D eigenvalue weighted by Gasteiger charge is 2.47. The zero-order valence-corrected chi connectivity index (χ0v) is 13.0. The Morgan fingerprint density at radius 1 is 1.35 bits per heavy atom. The van der Waals surface area contributed by atoms with E-state index >= 15 is 0 Å². The number of rotatable bonds is 3. The minimum Gasteiger partial charge on any atom is -0.391 e. The third-order valence-electron chi connectivity index (χ3n) is 4.26. The second-order valence-corrected chi connectivity index (χ2v) is 5.81. The van der Waals surface area contributed by atoms with Crippen LogP contribution < -0.4 is 11.2 Å². The maximum Gasteiger partial charge on any atom is 0.330 e. The highest BCUT2D eigenvalue weighted by atomic mass is 16.7. The van der Waals surface area contributed by atoms with E-state index in [0.717, 1.165) is 5.56 Å².